The molecule has 96 valence electrons. The first-order valence-corrected chi connectivity index (χ1v) is 11.4. The summed E-state index contributed by atoms with van der Waals surface area (Å²) in [5.74, 6) is 0. The van der Waals surface area contributed by atoms with E-state index < -0.39 is 22.9 Å². The van der Waals surface area contributed by atoms with Crippen LogP contribution in [0.1, 0.15) is 17.5 Å². The molecule has 0 bridgehead atoms. The van der Waals surface area contributed by atoms with Crippen LogP contribution in [-0.2, 0) is 25.8 Å². The van der Waals surface area contributed by atoms with Crippen molar-refractivity contribution in [2.45, 2.75) is 9.33 Å². The minimum atomic E-state index is -0.719. The largest absolute Gasteiger partial charge is 1.00 e. The second kappa shape index (κ2) is 5.18. The third-order valence-corrected chi connectivity index (χ3v) is 17.6. The van der Waals surface area contributed by atoms with E-state index in [4.69, 9.17) is 0 Å². The normalized spacial score (nSPS) is 28.4. The van der Waals surface area contributed by atoms with E-state index in [1.54, 1.807) is 10.9 Å². The molecule has 0 aromatic heterocycles. The zero-order valence-electron chi connectivity index (χ0n) is 10.5. The van der Waals surface area contributed by atoms with Gasteiger partial charge in [-0.25, -0.2) is 0 Å². The van der Waals surface area contributed by atoms with Gasteiger partial charge in [0.2, 0.25) is 0 Å². The molecule has 0 saturated heterocycles. The summed E-state index contributed by atoms with van der Waals surface area (Å²) in [7, 11) is 0.0150. The van der Waals surface area contributed by atoms with Gasteiger partial charge in [0, 0.05) is 0 Å². The average molecular weight is 441 g/mol. The number of allylic oxidation sites excluding steroid dienone is 5. The Labute approximate surface area is 124 Å². The van der Waals surface area contributed by atoms with Crippen molar-refractivity contribution in [3.63, 3.8) is 0 Å². The molecule has 1 aromatic carbocycles. The third kappa shape index (κ3) is 1.89. The fourth-order valence-electron chi connectivity index (χ4n) is 3.12. The van der Waals surface area contributed by atoms with Gasteiger partial charge < -0.3 is 9.41 Å². The molecule has 1 aliphatic heterocycles. The van der Waals surface area contributed by atoms with Crippen molar-refractivity contribution in [2.24, 2.45) is 0 Å². The van der Waals surface area contributed by atoms with Crippen molar-refractivity contribution in [3.8, 4) is 0 Å². The molecule has 0 radical (unpaired) electrons. The Morgan fingerprint density at radius 3 is 2.74 bits per heavy atom. The number of hydrogen-bond donors (Lipinski definition) is 0. The van der Waals surface area contributed by atoms with Gasteiger partial charge in [-0.1, -0.05) is 0 Å². The molecule has 0 N–H and O–H groups in total. The standard InChI is InChI=1S/C15H13P.2FH.Hf/c1-16(13-7-3-4-8-13)15-11-10-12-6-2-5-9-14(12)15;;;/h2-3,5-7,9-11H,4H2,1H3;2*1H;/q;;;+2/p-2. The van der Waals surface area contributed by atoms with Crippen LogP contribution in [0, 0.1) is 0 Å². The molecule has 4 heteroatoms. The van der Waals surface area contributed by atoms with E-state index >= 15 is 0 Å². The number of rotatable bonds is 0. The van der Waals surface area contributed by atoms with E-state index in [1.165, 1.54) is 12.0 Å². The van der Waals surface area contributed by atoms with Gasteiger partial charge in [0.05, 0.1) is 0 Å². The molecule has 2 unspecified atom stereocenters. The summed E-state index contributed by atoms with van der Waals surface area (Å²) < 4.78 is 2.42. The second-order valence-electron chi connectivity index (χ2n) is 4.84. The fraction of sp³-hybridized carbons (Fsp3) is 0.200. The van der Waals surface area contributed by atoms with Gasteiger partial charge in [-0.15, -0.1) is 0 Å². The molecule has 4 rings (SSSR count). The molecule has 0 saturated carbocycles. The van der Waals surface area contributed by atoms with Crippen LogP contribution in [-0.4, -0.2) is 6.66 Å². The van der Waals surface area contributed by atoms with Crippen LogP contribution < -0.4 is 9.41 Å². The second-order valence-corrected chi connectivity index (χ2v) is 14.6. The summed E-state index contributed by atoms with van der Waals surface area (Å²) in [4.78, 5) is 0. The van der Waals surface area contributed by atoms with Crippen LogP contribution >= 0.6 is 7.92 Å². The van der Waals surface area contributed by atoms with Crippen molar-refractivity contribution in [2.75, 3.05) is 6.66 Å². The molecule has 0 nitrogen and oxygen atoms in total. The summed E-state index contributed by atoms with van der Waals surface area (Å²) in [5.41, 5.74) is 3.14. The average Bonchev–Trinajstić information content (AvgIpc) is 3.00. The monoisotopic (exact) mass is 442 g/mol. The minimum absolute atomic E-state index is 0. The molecule has 19 heavy (non-hydrogen) atoms. The van der Waals surface area contributed by atoms with E-state index in [-0.39, 0.29) is 17.3 Å². The van der Waals surface area contributed by atoms with Crippen LogP contribution in [0.15, 0.2) is 51.1 Å². The van der Waals surface area contributed by atoms with Crippen LogP contribution in [0.3, 0.4) is 0 Å². The molecule has 3 aliphatic rings. The molecule has 1 heterocycles. The smallest absolute Gasteiger partial charge is 1.00 e. The summed E-state index contributed by atoms with van der Waals surface area (Å²) in [6.45, 7) is 2.51. The van der Waals surface area contributed by atoms with E-state index in [0.717, 1.165) is 0 Å². The molecular weight excluding hydrogens is 428 g/mol. The Bertz CT molecular complexity index is 606. The van der Waals surface area contributed by atoms with Gasteiger partial charge in [0.1, 0.15) is 0 Å². The number of halogens is 2. The molecule has 2 atom stereocenters. The number of benzene rings is 1. The summed E-state index contributed by atoms with van der Waals surface area (Å²) in [5, 5.41) is 1.75. The predicted octanol–water partition coefficient (Wildman–Crippen LogP) is -1.75. The van der Waals surface area contributed by atoms with Crippen LogP contribution in [0.4, 0.5) is 0 Å². The SMILES string of the molecule is CP1C2=[C](CC=C2)[Hf+2][C]12C=Cc1ccccc12.[F-].[F-]. The quantitative estimate of drug-likeness (QED) is 0.332. The topological polar surface area (TPSA) is 0 Å². The van der Waals surface area contributed by atoms with Gasteiger partial charge in [-0.3, -0.25) is 0 Å². The summed E-state index contributed by atoms with van der Waals surface area (Å²) >= 11 is -0.719. The van der Waals surface area contributed by atoms with Gasteiger partial charge in [0.25, 0.3) is 0 Å². The van der Waals surface area contributed by atoms with Crippen molar-refractivity contribution in [1.82, 2.24) is 0 Å². The van der Waals surface area contributed by atoms with E-state index in [9.17, 15) is 0 Å². The van der Waals surface area contributed by atoms with Gasteiger partial charge >= 0.3 is 115 Å². The van der Waals surface area contributed by atoms with E-state index in [1.807, 2.05) is 3.33 Å². The summed E-state index contributed by atoms with van der Waals surface area (Å²) in [6.07, 6.45) is 11.0. The van der Waals surface area contributed by atoms with E-state index in [2.05, 4.69) is 55.2 Å². The molecule has 2 aliphatic carbocycles. The Morgan fingerprint density at radius 1 is 1.16 bits per heavy atom. The van der Waals surface area contributed by atoms with Crippen molar-refractivity contribution in [3.05, 3.63) is 62.3 Å². The van der Waals surface area contributed by atoms with Crippen LogP contribution in [0.2, 0.25) is 0 Å². The van der Waals surface area contributed by atoms with Crippen molar-refractivity contribution in [1.29, 1.82) is 0 Å². The molecule has 0 amide bonds. The Balaban J connectivity index is 0.000000667. The number of fused-ring (bicyclic) bond motifs is 2. The zero-order chi connectivity index (χ0) is 11.5. The Kier molecular flexibility index (Phi) is 4.09. The Morgan fingerprint density at radius 2 is 1.95 bits per heavy atom. The van der Waals surface area contributed by atoms with Crippen molar-refractivity contribution >= 4 is 14.0 Å². The van der Waals surface area contributed by atoms with Crippen molar-refractivity contribution < 1.29 is 32.3 Å². The molecule has 1 aromatic rings. The van der Waals surface area contributed by atoms with Gasteiger partial charge in [-0.2, -0.15) is 0 Å². The summed E-state index contributed by atoms with van der Waals surface area (Å²) in [6, 6.07) is 9.06. The Hall–Kier alpha value is -0.400. The molecule has 0 fully saturated rings. The first-order chi connectivity index (χ1) is 8.31. The van der Waals surface area contributed by atoms with Crippen LogP contribution in [0.5, 0.6) is 0 Å². The maximum absolute atomic E-state index is 2.57. The zero-order valence-corrected chi connectivity index (χ0v) is 15.0. The first-order valence-electron chi connectivity index (χ1n) is 6.02. The van der Waals surface area contributed by atoms with Gasteiger partial charge in [0.15, 0.2) is 0 Å². The number of hydrogen-bond acceptors (Lipinski definition) is 0. The fourth-order valence-corrected chi connectivity index (χ4v) is 16.9. The van der Waals surface area contributed by atoms with E-state index in [0.29, 0.717) is 2.91 Å². The first kappa shape index (κ1) is 15.0. The van der Waals surface area contributed by atoms with Gasteiger partial charge in [-0.05, 0) is 0 Å². The van der Waals surface area contributed by atoms with Crippen LogP contribution in [0.25, 0.3) is 6.08 Å². The minimum Gasteiger partial charge on any atom is -1.00 e. The molecular formula is C15H13F2HfP. The third-order valence-electron chi connectivity index (χ3n) is 4.01. The maximum Gasteiger partial charge on any atom is -1.00 e. The molecule has 1 spiro atoms. The predicted molar refractivity (Wildman–Crippen MR) is 70.8 cm³/mol. The maximum atomic E-state index is 2.57.